The molecule has 0 aliphatic carbocycles. The Labute approximate surface area is 450 Å². The minimum absolute atomic E-state index is 0.704. The van der Waals surface area contributed by atoms with Gasteiger partial charge in [0.25, 0.3) is 6.33 Å². The monoisotopic (exact) mass is 997 g/mol. The molecule has 0 aliphatic heterocycles. The summed E-state index contributed by atoms with van der Waals surface area (Å²) in [7, 11) is 0. The van der Waals surface area contributed by atoms with Crippen LogP contribution in [0.2, 0.25) is 0 Å². The normalized spacial score (nSPS) is 11.6. The van der Waals surface area contributed by atoms with Crippen LogP contribution >= 0.6 is 0 Å². The highest BCUT2D eigenvalue weighted by atomic mass is 16.5. The van der Waals surface area contributed by atoms with Crippen LogP contribution in [0, 0.1) is 6.33 Å². The minimum Gasteiger partial charge on any atom is -0.458 e. The number of benzene rings is 11. The maximum Gasteiger partial charge on any atom is 0.269 e. The highest BCUT2D eigenvalue weighted by Gasteiger charge is 2.21. The van der Waals surface area contributed by atoms with Crippen molar-refractivity contribution >= 4 is 76.2 Å². The molecule has 0 fully saturated rings. The molecule has 366 valence electrons. The summed E-state index contributed by atoms with van der Waals surface area (Å²) in [5.74, 6) is 2.21. The fourth-order valence-corrected chi connectivity index (χ4v) is 11.8. The molecule has 0 aliphatic rings. The molecule has 15 rings (SSSR count). The summed E-state index contributed by atoms with van der Waals surface area (Å²) in [4.78, 5) is 5.16. The van der Waals surface area contributed by atoms with Crippen LogP contribution in [-0.2, 0) is 0 Å². The zero-order chi connectivity index (χ0) is 51.5. The van der Waals surface area contributed by atoms with Crippen LogP contribution < -0.4 is 9.30 Å². The summed E-state index contributed by atoms with van der Waals surface area (Å²) in [6.07, 6.45) is 5.76. The number of pyridine rings is 1. The second kappa shape index (κ2) is 18.7. The average Bonchev–Trinajstić information content (AvgIpc) is 4.27. The van der Waals surface area contributed by atoms with Crippen LogP contribution in [0.25, 0.3) is 121 Å². The number of hydrogen-bond donors (Lipinski definition) is 0. The van der Waals surface area contributed by atoms with E-state index in [1.807, 2.05) is 12.3 Å². The Hall–Kier alpha value is -10.6. The topological polar surface area (TPSA) is 40.8 Å². The predicted molar refractivity (Wildman–Crippen MR) is 320 cm³/mol. The molecule has 6 nitrogen and oxygen atoms in total. The van der Waals surface area contributed by atoms with E-state index >= 15 is 0 Å². The minimum atomic E-state index is 0.704. The number of fused-ring (bicyclic) bond motifs is 11. The number of ether oxygens (including phenoxy) is 1. The molecule has 0 N–H and O–H groups in total. The van der Waals surface area contributed by atoms with Crippen LogP contribution in [0.1, 0.15) is 0 Å². The van der Waals surface area contributed by atoms with E-state index in [2.05, 4.69) is 298 Å². The van der Waals surface area contributed by atoms with Crippen molar-refractivity contribution in [3.63, 3.8) is 0 Å². The standard InChI is InChI=1S/C72H47N5O/c1-3-21-49(22-4-1)55-34-20-35-56(50-23-5-2-6-24-50)72(55)75-48-74(68-39-17-18-40-69(68)75)51-25-19-26-53(45-51)78-54-41-42-64-63-33-13-16-38-67(63)77(70(64)47-54)71-46-52(43-44-73-71)76-65-36-14-11-31-61(65)59-29-9-7-27-57(59)58-28-8-10-30-60(58)62-32-12-15-37-66(62)76/h1-47H. The largest absolute Gasteiger partial charge is 0.458 e. The van der Waals surface area contributed by atoms with Crippen LogP contribution in [0.4, 0.5) is 0 Å². The van der Waals surface area contributed by atoms with E-state index in [1.165, 1.54) is 21.5 Å². The SMILES string of the molecule is [c-]1n(-c2cccc(Oc3ccc4c5ccccc5n(-c5cc(-n6c7ccccc7c7ccccc7c7ccccc7c7ccccc76)ccn5)c4c3)c2)c2ccccc2[n+]1-c1c(-c2ccccc2)cccc1-c1ccccc1. The zero-order valence-electron chi connectivity index (χ0n) is 42.3. The first-order valence-corrected chi connectivity index (χ1v) is 26.4. The van der Waals surface area contributed by atoms with Crippen molar-refractivity contribution in [1.82, 2.24) is 18.7 Å². The van der Waals surface area contributed by atoms with Gasteiger partial charge in [-0.3, -0.25) is 13.7 Å². The molecule has 78 heavy (non-hydrogen) atoms. The van der Waals surface area contributed by atoms with E-state index in [0.29, 0.717) is 11.5 Å². The average molecular weight is 998 g/mol. The van der Waals surface area contributed by atoms with E-state index in [9.17, 15) is 0 Å². The van der Waals surface area contributed by atoms with Crippen molar-refractivity contribution in [2.45, 2.75) is 0 Å². The van der Waals surface area contributed by atoms with Crippen molar-refractivity contribution in [3.05, 3.63) is 292 Å². The van der Waals surface area contributed by atoms with Gasteiger partial charge in [0.2, 0.25) is 0 Å². The first kappa shape index (κ1) is 44.9. The Morgan fingerprint density at radius 3 is 1.42 bits per heavy atom. The van der Waals surface area contributed by atoms with Gasteiger partial charge in [-0.25, -0.2) is 4.98 Å². The first-order valence-electron chi connectivity index (χ1n) is 26.4. The third-order valence-electron chi connectivity index (χ3n) is 15.2. The fourth-order valence-electron chi connectivity index (χ4n) is 11.8. The maximum atomic E-state index is 6.91. The quantitative estimate of drug-likeness (QED) is 0.112. The Balaban J connectivity index is 0.868. The van der Waals surface area contributed by atoms with Gasteiger partial charge in [0.05, 0.1) is 50.2 Å². The van der Waals surface area contributed by atoms with Gasteiger partial charge < -0.3 is 9.30 Å². The van der Waals surface area contributed by atoms with Gasteiger partial charge >= 0.3 is 0 Å². The Morgan fingerprint density at radius 1 is 0.333 bits per heavy atom. The van der Waals surface area contributed by atoms with Crippen molar-refractivity contribution in [1.29, 1.82) is 0 Å². The zero-order valence-corrected chi connectivity index (χ0v) is 42.3. The number of nitrogens with zero attached hydrogens (tertiary/aromatic N) is 5. The molecule has 0 radical (unpaired) electrons. The van der Waals surface area contributed by atoms with E-state index < -0.39 is 0 Å². The Morgan fingerprint density at radius 2 is 0.808 bits per heavy atom. The summed E-state index contributed by atoms with van der Waals surface area (Å²) in [6.45, 7) is 0. The first-order chi connectivity index (χ1) is 38.7. The van der Waals surface area contributed by atoms with Gasteiger partial charge in [-0.1, -0.05) is 212 Å². The lowest BCUT2D eigenvalue weighted by Gasteiger charge is -2.17. The van der Waals surface area contributed by atoms with Gasteiger partial charge in [-0.2, -0.15) is 0 Å². The second-order valence-corrected chi connectivity index (χ2v) is 19.7. The highest BCUT2D eigenvalue weighted by Crippen LogP contribution is 2.39. The Bertz CT molecular complexity index is 4730. The lowest BCUT2D eigenvalue weighted by Crippen LogP contribution is -2.31. The molecule has 0 spiro atoms. The lowest BCUT2D eigenvalue weighted by molar-refractivity contribution is -0.571. The van der Waals surface area contributed by atoms with E-state index in [0.717, 1.165) is 99.8 Å². The number of aromatic nitrogens is 5. The number of rotatable bonds is 8. The second-order valence-electron chi connectivity index (χ2n) is 19.7. The maximum absolute atomic E-state index is 6.91. The predicted octanol–water partition coefficient (Wildman–Crippen LogP) is 17.9. The smallest absolute Gasteiger partial charge is 0.269 e. The summed E-state index contributed by atoms with van der Waals surface area (Å²) in [6, 6.07) is 98.9. The summed E-state index contributed by atoms with van der Waals surface area (Å²) < 4.78 is 15.9. The number of hydrogen-bond acceptors (Lipinski definition) is 2. The van der Waals surface area contributed by atoms with Gasteiger partial charge in [-0.05, 0) is 98.4 Å². The molecule has 0 bridgehead atoms. The van der Waals surface area contributed by atoms with Crippen molar-refractivity contribution in [2.24, 2.45) is 0 Å². The third-order valence-corrected chi connectivity index (χ3v) is 15.2. The Kier molecular flexibility index (Phi) is 10.7. The van der Waals surface area contributed by atoms with Crippen LogP contribution in [0.15, 0.2) is 285 Å². The molecule has 0 amide bonds. The molecule has 0 unspecified atom stereocenters. The summed E-state index contributed by atoms with van der Waals surface area (Å²) in [5.41, 5.74) is 13.7. The molecule has 11 aromatic carbocycles. The molecule has 15 aromatic rings. The van der Waals surface area contributed by atoms with Crippen LogP contribution in [0.3, 0.4) is 0 Å². The molecule has 4 heterocycles. The van der Waals surface area contributed by atoms with Crippen LogP contribution in [0.5, 0.6) is 11.5 Å². The van der Waals surface area contributed by atoms with Crippen molar-refractivity contribution in [3.8, 4) is 56.6 Å². The van der Waals surface area contributed by atoms with Gasteiger partial charge in [0.15, 0.2) is 0 Å². The van der Waals surface area contributed by atoms with Gasteiger partial charge in [0, 0.05) is 39.9 Å². The van der Waals surface area contributed by atoms with Crippen molar-refractivity contribution < 1.29 is 9.30 Å². The molecule has 0 atom stereocenters. The molecular formula is C72H47N5O. The molecule has 4 aromatic heterocycles. The van der Waals surface area contributed by atoms with Gasteiger partial charge in [0.1, 0.15) is 17.3 Å². The van der Waals surface area contributed by atoms with Crippen molar-refractivity contribution in [2.75, 3.05) is 0 Å². The van der Waals surface area contributed by atoms with E-state index in [-0.39, 0.29) is 0 Å². The van der Waals surface area contributed by atoms with E-state index in [1.54, 1.807) is 0 Å². The fraction of sp³-hybridized carbons (Fsp3) is 0. The molecule has 0 saturated heterocycles. The molecule has 6 heteroatoms. The summed E-state index contributed by atoms with van der Waals surface area (Å²) >= 11 is 0. The highest BCUT2D eigenvalue weighted by molar-refractivity contribution is 6.19. The lowest BCUT2D eigenvalue weighted by atomic mass is 9.95. The van der Waals surface area contributed by atoms with E-state index in [4.69, 9.17) is 9.72 Å². The van der Waals surface area contributed by atoms with Crippen LogP contribution in [-0.4, -0.2) is 18.7 Å². The third kappa shape index (κ3) is 7.49. The summed E-state index contributed by atoms with van der Waals surface area (Å²) in [5, 5.41) is 9.29. The van der Waals surface area contributed by atoms with Gasteiger partial charge in [-0.15, -0.1) is 0 Å². The number of para-hydroxylation sites is 6. The number of imidazole rings is 1. The molecular weight excluding hydrogens is 951 g/mol. The molecule has 0 saturated carbocycles.